The van der Waals surface area contributed by atoms with Crippen molar-refractivity contribution in [3.05, 3.63) is 11.8 Å². The minimum atomic E-state index is -0.773. The molecule has 20 heavy (non-hydrogen) atoms. The Hall–Kier alpha value is -1.39. The first-order chi connectivity index (χ1) is 9.63. The summed E-state index contributed by atoms with van der Waals surface area (Å²) in [5.41, 5.74) is 0. The van der Waals surface area contributed by atoms with Crippen molar-refractivity contribution in [1.29, 1.82) is 0 Å². The van der Waals surface area contributed by atoms with E-state index in [1.54, 1.807) is 0 Å². The van der Waals surface area contributed by atoms with Gasteiger partial charge in [-0.15, -0.1) is 10.2 Å². The Morgan fingerprint density at radius 1 is 1.35 bits per heavy atom. The largest absolute Gasteiger partial charge is 0.481 e. The number of hydrogen-bond acceptors (Lipinski definition) is 4. The Bertz CT molecular complexity index is 525. The van der Waals surface area contributed by atoms with Crippen LogP contribution in [0.3, 0.4) is 0 Å². The summed E-state index contributed by atoms with van der Waals surface area (Å²) < 4.78 is 5.81. The molecule has 0 spiro atoms. The Labute approximate surface area is 117 Å². The zero-order chi connectivity index (χ0) is 13.9. The number of hydrogen-bond donors (Lipinski definition) is 1. The van der Waals surface area contributed by atoms with Gasteiger partial charge in [0, 0.05) is 18.8 Å². The highest BCUT2D eigenvalue weighted by atomic mass is 16.4. The van der Waals surface area contributed by atoms with Crippen LogP contribution in [0.2, 0.25) is 0 Å². The topological polar surface area (TPSA) is 76.2 Å². The molecule has 1 heterocycles. The molecule has 3 aliphatic carbocycles. The predicted octanol–water partition coefficient (Wildman–Crippen LogP) is 2.48. The lowest BCUT2D eigenvalue weighted by Gasteiger charge is -2.05. The Morgan fingerprint density at radius 2 is 2.05 bits per heavy atom. The molecule has 0 saturated heterocycles. The van der Waals surface area contributed by atoms with Gasteiger partial charge in [0.25, 0.3) is 0 Å². The summed E-state index contributed by atoms with van der Waals surface area (Å²) in [6.45, 7) is 1.91. The summed E-state index contributed by atoms with van der Waals surface area (Å²) in [6, 6.07) is 0. The summed E-state index contributed by atoms with van der Waals surface area (Å²) in [5, 5.41) is 17.1. The van der Waals surface area contributed by atoms with E-state index in [2.05, 4.69) is 10.2 Å². The number of aliphatic carboxylic acids is 1. The minimum Gasteiger partial charge on any atom is -0.481 e. The van der Waals surface area contributed by atoms with Crippen molar-refractivity contribution in [2.75, 3.05) is 0 Å². The lowest BCUT2D eigenvalue weighted by molar-refractivity contribution is -0.137. The van der Waals surface area contributed by atoms with Crippen LogP contribution in [0.5, 0.6) is 0 Å². The molecule has 2 bridgehead atoms. The second kappa shape index (κ2) is 4.30. The summed E-state index contributed by atoms with van der Waals surface area (Å²) in [6.07, 6.45) is 4.91. The fraction of sp³-hybridized carbons (Fsp3) is 0.800. The number of aromatic nitrogens is 2. The highest BCUT2D eigenvalue weighted by molar-refractivity contribution is 5.66. The monoisotopic (exact) mass is 276 g/mol. The average Bonchev–Trinajstić information content (AvgIpc) is 2.78. The maximum Gasteiger partial charge on any atom is 0.303 e. The highest BCUT2D eigenvalue weighted by Gasteiger charge is 2.67. The van der Waals surface area contributed by atoms with E-state index in [9.17, 15) is 4.79 Å². The molecule has 0 radical (unpaired) electrons. The molecular weight excluding hydrogens is 256 g/mol. The van der Waals surface area contributed by atoms with Crippen molar-refractivity contribution in [3.8, 4) is 0 Å². The van der Waals surface area contributed by atoms with Crippen molar-refractivity contribution >= 4 is 5.97 Å². The molecule has 1 aromatic rings. The highest BCUT2D eigenvalue weighted by Crippen LogP contribution is 2.72. The Balaban J connectivity index is 1.41. The summed E-state index contributed by atoms with van der Waals surface area (Å²) in [7, 11) is 0. The van der Waals surface area contributed by atoms with Crippen LogP contribution in [0.1, 0.15) is 50.3 Å². The number of carboxylic acid groups (broad SMARTS) is 1. The van der Waals surface area contributed by atoms with Gasteiger partial charge >= 0.3 is 5.97 Å². The minimum absolute atomic E-state index is 0.0377. The first kappa shape index (κ1) is 12.4. The normalized spacial score (nSPS) is 38.8. The van der Waals surface area contributed by atoms with Gasteiger partial charge in [0.15, 0.2) is 0 Å². The van der Waals surface area contributed by atoms with Gasteiger partial charge in [-0.05, 0) is 48.9 Å². The van der Waals surface area contributed by atoms with Crippen LogP contribution in [0.15, 0.2) is 4.42 Å². The molecule has 5 nitrogen and oxygen atoms in total. The van der Waals surface area contributed by atoms with E-state index in [1.165, 1.54) is 19.3 Å². The molecule has 5 unspecified atom stereocenters. The molecule has 3 fully saturated rings. The number of rotatable bonds is 5. The third-order valence-electron chi connectivity index (χ3n) is 5.55. The second-order valence-electron chi connectivity index (χ2n) is 6.95. The van der Waals surface area contributed by atoms with Crippen LogP contribution in [-0.2, 0) is 11.2 Å². The van der Waals surface area contributed by atoms with E-state index in [0.717, 1.165) is 29.6 Å². The molecule has 3 aliphatic rings. The van der Waals surface area contributed by atoms with Crippen LogP contribution in [0.4, 0.5) is 0 Å². The van der Waals surface area contributed by atoms with Gasteiger partial charge in [-0.3, -0.25) is 4.79 Å². The van der Waals surface area contributed by atoms with Crippen LogP contribution in [-0.4, -0.2) is 21.3 Å². The Kier molecular flexibility index (Phi) is 2.66. The quantitative estimate of drug-likeness (QED) is 0.894. The van der Waals surface area contributed by atoms with Crippen molar-refractivity contribution in [3.63, 3.8) is 0 Å². The maximum absolute atomic E-state index is 10.7. The molecular formula is C15H20N2O3. The van der Waals surface area contributed by atoms with Gasteiger partial charge < -0.3 is 9.52 Å². The van der Waals surface area contributed by atoms with Crippen LogP contribution < -0.4 is 0 Å². The number of fused-ring (bicyclic) bond motifs is 5. The van der Waals surface area contributed by atoms with Gasteiger partial charge in [-0.2, -0.15) is 0 Å². The zero-order valence-electron chi connectivity index (χ0n) is 11.7. The van der Waals surface area contributed by atoms with E-state index in [4.69, 9.17) is 9.52 Å². The molecule has 3 saturated carbocycles. The molecule has 0 amide bonds. The molecule has 5 atom stereocenters. The number of nitrogens with zero attached hydrogens (tertiary/aromatic N) is 2. The van der Waals surface area contributed by atoms with E-state index >= 15 is 0 Å². The van der Waals surface area contributed by atoms with Gasteiger partial charge in [0.2, 0.25) is 11.8 Å². The second-order valence-corrected chi connectivity index (χ2v) is 6.95. The molecule has 4 rings (SSSR count). The van der Waals surface area contributed by atoms with E-state index in [0.29, 0.717) is 18.2 Å². The first-order valence-electron chi connectivity index (χ1n) is 7.67. The van der Waals surface area contributed by atoms with Crippen LogP contribution >= 0.6 is 0 Å². The lowest BCUT2D eigenvalue weighted by Crippen LogP contribution is -2.07. The van der Waals surface area contributed by atoms with Gasteiger partial charge in [0.05, 0.1) is 0 Å². The summed E-state index contributed by atoms with van der Waals surface area (Å²) in [4.78, 5) is 10.7. The summed E-state index contributed by atoms with van der Waals surface area (Å²) in [5.74, 6) is 4.60. The standard InChI is InChI=1S/C15H20N2O3/c1-7(5-11(18)19)4-10-16-17-15(20-10)14-12-8-2-3-9(6-8)13(12)14/h7-9,12-14H,2-6H2,1H3,(H,18,19). The third-order valence-corrected chi connectivity index (χ3v) is 5.55. The van der Waals surface area contributed by atoms with Crippen molar-refractivity contribution < 1.29 is 14.3 Å². The molecule has 1 N–H and O–H groups in total. The number of carboxylic acids is 1. The van der Waals surface area contributed by atoms with Crippen LogP contribution in [0.25, 0.3) is 0 Å². The first-order valence-corrected chi connectivity index (χ1v) is 7.67. The maximum atomic E-state index is 10.7. The van der Waals surface area contributed by atoms with Gasteiger partial charge in [-0.1, -0.05) is 6.92 Å². The molecule has 1 aromatic heterocycles. The summed E-state index contributed by atoms with van der Waals surface area (Å²) >= 11 is 0. The van der Waals surface area contributed by atoms with E-state index in [1.807, 2.05) is 6.92 Å². The van der Waals surface area contributed by atoms with Crippen molar-refractivity contribution in [2.45, 2.75) is 44.9 Å². The molecule has 0 aromatic carbocycles. The Morgan fingerprint density at radius 3 is 2.70 bits per heavy atom. The van der Waals surface area contributed by atoms with Crippen LogP contribution in [0, 0.1) is 29.6 Å². The van der Waals surface area contributed by atoms with E-state index in [-0.39, 0.29) is 12.3 Å². The van der Waals surface area contributed by atoms with Gasteiger partial charge in [0.1, 0.15) is 0 Å². The lowest BCUT2D eigenvalue weighted by atomic mass is 10.0. The molecule has 108 valence electrons. The zero-order valence-corrected chi connectivity index (χ0v) is 11.7. The fourth-order valence-electron chi connectivity index (χ4n) is 4.81. The van der Waals surface area contributed by atoms with Crippen molar-refractivity contribution in [1.82, 2.24) is 10.2 Å². The molecule has 0 aliphatic heterocycles. The SMILES string of the molecule is CC(CC(=O)O)Cc1nnc(C2C3C4CCC(C4)C23)o1. The average molecular weight is 276 g/mol. The van der Waals surface area contributed by atoms with E-state index < -0.39 is 5.97 Å². The fourth-order valence-corrected chi connectivity index (χ4v) is 4.81. The predicted molar refractivity (Wildman–Crippen MR) is 70.0 cm³/mol. The van der Waals surface area contributed by atoms with Crippen molar-refractivity contribution in [2.24, 2.45) is 29.6 Å². The third kappa shape index (κ3) is 1.86. The molecule has 5 heteroatoms. The smallest absolute Gasteiger partial charge is 0.303 e. The van der Waals surface area contributed by atoms with Gasteiger partial charge in [-0.25, -0.2) is 0 Å². The number of carbonyl (C=O) groups is 1.